The maximum absolute atomic E-state index is 12.9. The monoisotopic (exact) mass is 387 g/mol. The van der Waals surface area contributed by atoms with Crippen LogP contribution in [-0.2, 0) is 36.7 Å². The molecule has 1 atom stereocenters. The average molecular weight is 387 g/mol. The predicted octanol–water partition coefficient (Wildman–Crippen LogP) is 2.20. The molecule has 0 fully saturated rings. The molecule has 6 nitrogen and oxygen atoms in total. The number of ether oxygens (including phenoxy) is 2. The van der Waals surface area contributed by atoms with Crippen molar-refractivity contribution < 1.29 is 28.2 Å². The van der Waals surface area contributed by atoms with E-state index >= 15 is 0 Å². The number of hydrogen-bond donors (Lipinski definition) is 1. The lowest BCUT2D eigenvalue weighted by atomic mass is 10.1. The van der Waals surface area contributed by atoms with Crippen LogP contribution in [0.5, 0.6) is 0 Å². The Morgan fingerprint density at radius 3 is 2.32 bits per heavy atom. The summed E-state index contributed by atoms with van der Waals surface area (Å²) in [7, 11) is 1.24. The molecule has 2 aromatic carbocycles. The molecule has 0 aliphatic heterocycles. The van der Waals surface area contributed by atoms with E-state index in [1.807, 2.05) is 30.3 Å². The number of carbonyl (C=O) groups excluding carboxylic acids is 3. The van der Waals surface area contributed by atoms with E-state index in [4.69, 9.17) is 9.47 Å². The van der Waals surface area contributed by atoms with Crippen LogP contribution in [0.25, 0.3) is 0 Å². The van der Waals surface area contributed by atoms with Crippen LogP contribution in [0.2, 0.25) is 0 Å². The quantitative estimate of drug-likeness (QED) is 0.667. The van der Waals surface area contributed by atoms with Crippen LogP contribution in [0.15, 0.2) is 54.6 Å². The Kier molecular flexibility index (Phi) is 8.14. The third-order valence-corrected chi connectivity index (χ3v) is 4.00. The third-order valence-electron chi connectivity index (χ3n) is 4.00. The van der Waals surface area contributed by atoms with Crippen molar-refractivity contribution in [2.24, 2.45) is 0 Å². The van der Waals surface area contributed by atoms with Gasteiger partial charge in [-0.1, -0.05) is 42.5 Å². The van der Waals surface area contributed by atoms with Gasteiger partial charge in [-0.3, -0.25) is 9.59 Å². The molecular weight excluding hydrogens is 365 g/mol. The molecule has 148 valence electrons. The molecule has 0 aliphatic carbocycles. The zero-order valence-corrected chi connectivity index (χ0v) is 15.5. The van der Waals surface area contributed by atoms with Gasteiger partial charge in [-0.25, -0.2) is 9.18 Å². The molecule has 0 aromatic heterocycles. The molecule has 0 radical (unpaired) electrons. The molecule has 7 heteroatoms. The molecule has 2 aromatic rings. The Bertz CT molecular complexity index is 792. The summed E-state index contributed by atoms with van der Waals surface area (Å²) in [6.07, 6.45) is 0.695. The van der Waals surface area contributed by atoms with Gasteiger partial charge in [0.2, 0.25) is 0 Å². The fourth-order valence-electron chi connectivity index (χ4n) is 2.54. The standard InChI is InChI=1S/C21H22FNO5/c1-27-21(26)18(13-16-5-3-2-4-6-16)23-19(24)14-28-20(25)12-9-15-7-10-17(22)11-8-15/h2-8,10-11,18H,9,12-14H2,1H3,(H,23,24). The Labute approximate surface area is 162 Å². The van der Waals surface area contributed by atoms with Crippen molar-refractivity contribution in [1.29, 1.82) is 0 Å². The fraction of sp³-hybridized carbons (Fsp3) is 0.286. The van der Waals surface area contributed by atoms with Gasteiger partial charge in [0.15, 0.2) is 6.61 Å². The Hall–Kier alpha value is -3.22. The summed E-state index contributed by atoms with van der Waals surface area (Å²) >= 11 is 0. The molecule has 0 spiro atoms. The van der Waals surface area contributed by atoms with E-state index in [0.717, 1.165) is 11.1 Å². The second-order valence-electron chi connectivity index (χ2n) is 6.12. The second kappa shape index (κ2) is 10.8. The first kappa shape index (κ1) is 21.1. The number of benzene rings is 2. The van der Waals surface area contributed by atoms with Crippen LogP contribution in [-0.4, -0.2) is 37.6 Å². The first-order chi connectivity index (χ1) is 13.5. The Balaban J connectivity index is 1.78. The molecular formula is C21H22FNO5. The van der Waals surface area contributed by atoms with Crippen LogP contribution >= 0.6 is 0 Å². The van der Waals surface area contributed by atoms with Crippen molar-refractivity contribution in [2.45, 2.75) is 25.3 Å². The molecule has 0 saturated carbocycles. The number of hydrogen-bond acceptors (Lipinski definition) is 5. The lowest BCUT2D eigenvalue weighted by Crippen LogP contribution is -2.44. The number of amides is 1. The SMILES string of the molecule is COC(=O)C(Cc1ccccc1)NC(=O)COC(=O)CCc1ccc(F)cc1. The van der Waals surface area contributed by atoms with Crippen LogP contribution in [0.4, 0.5) is 4.39 Å². The van der Waals surface area contributed by atoms with E-state index in [-0.39, 0.29) is 18.7 Å². The summed E-state index contributed by atoms with van der Waals surface area (Å²) in [5, 5.41) is 2.52. The largest absolute Gasteiger partial charge is 0.467 e. The van der Waals surface area contributed by atoms with Gasteiger partial charge in [0.1, 0.15) is 11.9 Å². The van der Waals surface area contributed by atoms with Crippen LogP contribution in [0.1, 0.15) is 17.5 Å². The van der Waals surface area contributed by atoms with E-state index in [1.54, 1.807) is 12.1 Å². The van der Waals surface area contributed by atoms with Gasteiger partial charge in [0.05, 0.1) is 7.11 Å². The molecule has 0 heterocycles. The molecule has 1 N–H and O–H groups in total. The number of methoxy groups -OCH3 is 1. The van der Waals surface area contributed by atoms with Crippen LogP contribution in [0, 0.1) is 5.82 Å². The highest BCUT2D eigenvalue weighted by Crippen LogP contribution is 2.07. The van der Waals surface area contributed by atoms with E-state index in [0.29, 0.717) is 6.42 Å². The summed E-state index contributed by atoms with van der Waals surface area (Å²) in [5.74, 6) is -2.09. The van der Waals surface area contributed by atoms with Crippen molar-refractivity contribution >= 4 is 17.8 Å². The van der Waals surface area contributed by atoms with E-state index in [1.165, 1.54) is 19.2 Å². The minimum atomic E-state index is -0.877. The van der Waals surface area contributed by atoms with Crippen molar-refractivity contribution in [2.75, 3.05) is 13.7 Å². The lowest BCUT2D eigenvalue weighted by molar-refractivity contribution is -0.150. The lowest BCUT2D eigenvalue weighted by Gasteiger charge is -2.16. The normalized spacial score (nSPS) is 11.4. The summed E-state index contributed by atoms with van der Waals surface area (Å²) in [4.78, 5) is 35.7. The zero-order chi connectivity index (χ0) is 20.4. The molecule has 1 amide bonds. The first-order valence-electron chi connectivity index (χ1n) is 8.79. The third kappa shape index (κ3) is 7.19. The highest BCUT2D eigenvalue weighted by atomic mass is 19.1. The van der Waals surface area contributed by atoms with Crippen molar-refractivity contribution in [3.8, 4) is 0 Å². The fourth-order valence-corrected chi connectivity index (χ4v) is 2.54. The molecule has 0 aliphatic rings. The Morgan fingerprint density at radius 1 is 1.00 bits per heavy atom. The summed E-state index contributed by atoms with van der Waals surface area (Å²) in [6, 6.07) is 14.1. The molecule has 2 rings (SSSR count). The van der Waals surface area contributed by atoms with Crippen molar-refractivity contribution in [1.82, 2.24) is 5.32 Å². The van der Waals surface area contributed by atoms with Gasteiger partial charge in [0.25, 0.3) is 5.91 Å². The first-order valence-corrected chi connectivity index (χ1v) is 8.79. The van der Waals surface area contributed by atoms with Gasteiger partial charge < -0.3 is 14.8 Å². The topological polar surface area (TPSA) is 81.7 Å². The van der Waals surface area contributed by atoms with Crippen molar-refractivity contribution in [3.63, 3.8) is 0 Å². The van der Waals surface area contributed by atoms with Gasteiger partial charge in [-0.15, -0.1) is 0 Å². The van der Waals surface area contributed by atoms with Gasteiger partial charge in [0, 0.05) is 12.8 Å². The molecule has 0 saturated heterocycles. The van der Waals surface area contributed by atoms with E-state index < -0.39 is 30.5 Å². The Morgan fingerprint density at radius 2 is 1.68 bits per heavy atom. The number of esters is 2. The van der Waals surface area contributed by atoms with Gasteiger partial charge in [-0.05, 0) is 29.7 Å². The average Bonchev–Trinajstić information content (AvgIpc) is 2.71. The smallest absolute Gasteiger partial charge is 0.328 e. The number of halogens is 1. The number of rotatable bonds is 9. The number of carbonyl (C=O) groups is 3. The zero-order valence-electron chi connectivity index (χ0n) is 15.5. The summed E-state index contributed by atoms with van der Waals surface area (Å²) < 4.78 is 22.5. The maximum atomic E-state index is 12.9. The molecule has 1 unspecified atom stereocenters. The van der Waals surface area contributed by atoms with Crippen molar-refractivity contribution in [3.05, 3.63) is 71.5 Å². The summed E-state index contributed by atoms with van der Waals surface area (Å²) in [6.45, 7) is -0.496. The highest BCUT2D eigenvalue weighted by Gasteiger charge is 2.22. The van der Waals surface area contributed by atoms with Crippen LogP contribution < -0.4 is 5.32 Å². The van der Waals surface area contributed by atoms with Crippen LogP contribution in [0.3, 0.4) is 0 Å². The van der Waals surface area contributed by atoms with E-state index in [2.05, 4.69) is 5.32 Å². The minimum absolute atomic E-state index is 0.0589. The van der Waals surface area contributed by atoms with Gasteiger partial charge in [-0.2, -0.15) is 0 Å². The predicted molar refractivity (Wildman–Crippen MR) is 99.8 cm³/mol. The minimum Gasteiger partial charge on any atom is -0.467 e. The molecule has 28 heavy (non-hydrogen) atoms. The number of aryl methyl sites for hydroxylation is 1. The van der Waals surface area contributed by atoms with E-state index in [9.17, 15) is 18.8 Å². The van der Waals surface area contributed by atoms with Gasteiger partial charge >= 0.3 is 11.9 Å². The second-order valence-corrected chi connectivity index (χ2v) is 6.12. The molecule has 0 bridgehead atoms. The maximum Gasteiger partial charge on any atom is 0.328 e. The summed E-state index contributed by atoms with van der Waals surface area (Å²) in [5.41, 5.74) is 1.64. The number of nitrogens with one attached hydrogen (secondary N) is 1. The highest BCUT2D eigenvalue weighted by molar-refractivity contribution is 5.86.